The van der Waals surface area contributed by atoms with Gasteiger partial charge in [0.2, 0.25) is 0 Å². The molecule has 0 amide bonds. The molecule has 0 aromatic heterocycles. The van der Waals surface area contributed by atoms with Crippen LogP contribution in [0.3, 0.4) is 0 Å². The van der Waals surface area contributed by atoms with E-state index in [1.54, 1.807) is 0 Å². The molecule has 1 aliphatic carbocycles. The highest BCUT2D eigenvalue weighted by atomic mass is 15.2. The molecule has 1 heterocycles. The summed E-state index contributed by atoms with van der Waals surface area (Å²) in [6.45, 7) is 7.31. The molecule has 0 aromatic rings. The van der Waals surface area contributed by atoms with Crippen LogP contribution >= 0.6 is 0 Å². The van der Waals surface area contributed by atoms with Gasteiger partial charge in [0.25, 0.3) is 0 Å². The minimum absolute atomic E-state index is 0.582. The van der Waals surface area contributed by atoms with E-state index in [1.165, 1.54) is 51.6 Å². The highest BCUT2D eigenvalue weighted by Crippen LogP contribution is 2.39. The summed E-state index contributed by atoms with van der Waals surface area (Å²) < 4.78 is 0. The summed E-state index contributed by atoms with van der Waals surface area (Å²) in [6.07, 6.45) is 8.35. The fraction of sp³-hybridized carbons (Fsp3) is 1.00. The van der Waals surface area contributed by atoms with Crippen LogP contribution in [-0.2, 0) is 0 Å². The van der Waals surface area contributed by atoms with Crippen molar-refractivity contribution in [1.29, 1.82) is 0 Å². The van der Waals surface area contributed by atoms with Crippen LogP contribution in [-0.4, -0.2) is 37.1 Å². The molecule has 94 valence electrons. The van der Waals surface area contributed by atoms with Crippen molar-refractivity contribution in [2.45, 2.75) is 64.5 Å². The Morgan fingerprint density at radius 3 is 2.62 bits per heavy atom. The van der Waals surface area contributed by atoms with Crippen LogP contribution in [0.15, 0.2) is 0 Å². The van der Waals surface area contributed by atoms with Crippen molar-refractivity contribution in [2.24, 2.45) is 5.41 Å². The van der Waals surface area contributed by atoms with Crippen molar-refractivity contribution in [3.8, 4) is 0 Å². The number of likely N-dealkylation sites (N-methyl/N-ethyl adjacent to an activating group) is 1. The minimum Gasteiger partial charge on any atom is -0.313 e. The van der Waals surface area contributed by atoms with E-state index in [0.717, 1.165) is 12.1 Å². The molecule has 1 N–H and O–H groups in total. The number of nitrogens with one attached hydrogen (secondary N) is 1. The van der Waals surface area contributed by atoms with Crippen LogP contribution in [0.25, 0.3) is 0 Å². The summed E-state index contributed by atoms with van der Waals surface area (Å²) in [4.78, 5) is 2.61. The quantitative estimate of drug-likeness (QED) is 0.793. The molecule has 1 aliphatic heterocycles. The SMILES string of the molecule is CN(CC1CCCCN1)C1CCC(C)(C)C1. The zero-order valence-corrected chi connectivity index (χ0v) is 11.3. The van der Waals surface area contributed by atoms with Gasteiger partial charge in [-0.25, -0.2) is 0 Å². The molecular formula is C14H28N2. The second-order valence-corrected chi connectivity index (χ2v) is 6.65. The van der Waals surface area contributed by atoms with Crippen molar-refractivity contribution in [1.82, 2.24) is 10.2 Å². The zero-order valence-electron chi connectivity index (χ0n) is 11.3. The number of piperidine rings is 1. The topological polar surface area (TPSA) is 15.3 Å². The van der Waals surface area contributed by atoms with Crippen molar-refractivity contribution in [3.05, 3.63) is 0 Å². The molecule has 2 atom stereocenters. The molecule has 2 unspecified atom stereocenters. The first-order chi connectivity index (χ1) is 7.57. The standard InChI is InChI=1S/C14H28N2/c1-14(2)8-7-13(10-14)16(3)11-12-6-4-5-9-15-12/h12-13,15H,4-11H2,1-3H3. The van der Waals surface area contributed by atoms with Gasteiger partial charge < -0.3 is 10.2 Å². The Morgan fingerprint density at radius 1 is 1.25 bits per heavy atom. The monoisotopic (exact) mass is 224 g/mol. The molecule has 0 radical (unpaired) electrons. The van der Waals surface area contributed by atoms with Crippen molar-refractivity contribution in [2.75, 3.05) is 20.1 Å². The molecule has 0 aromatic carbocycles. The predicted molar refractivity (Wildman–Crippen MR) is 69.7 cm³/mol. The Morgan fingerprint density at radius 2 is 2.06 bits per heavy atom. The molecule has 2 heteroatoms. The van der Waals surface area contributed by atoms with Crippen molar-refractivity contribution < 1.29 is 0 Å². The first-order valence-corrected chi connectivity index (χ1v) is 7.00. The number of hydrogen-bond acceptors (Lipinski definition) is 2. The van der Waals surface area contributed by atoms with Gasteiger partial charge in [-0.1, -0.05) is 20.3 Å². The van der Waals surface area contributed by atoms with E-state index in [2.05, 4.69) is 31.1 Å². The summed E-state index contributed by atoms with van der Waals surface area (Å²) in [6, 6.07) is 1.58. The maximum atomic E-state index is 3.65. The second-order valence-electron chi connectivity index (χ2n) is 6.65. The molecule has 16 heavy (non-hydrogen) atoms. The Labute approximate surface area is 101 Å². The highest BCUT2D eigenvalue weighted by Gasteiger charge is 2.33. The molecule has 2 nitrogen and oxygen atoms in total. The van der Waals surface area contributed by atoms with Gasteiger partial charge in [-0.2, -0.15) is 0 Å². The van der Waals surface area contributed by atoms with E-state index in [4.69, 9.17) is 0 Å². The lowest BCUT2D eigenvalue weighted by atomic mass is 9.91. The molecule has 2 rings (SSSR count). The van der Waals surface area contributed by atoms with Crippen molar-refractivity contribution >= 4 is 0 Å². The van der Waals surface area contributed by atoms with Gasteiger partial charge in [0.15, 0.2) is 0 Å². The third-order valence-electron chi connectivity index (χ3n) is 4.49. The van der Waals surface area contributed by atoms with Crippen LogP contribution < -0.4 is 5.32 Å². The van der Waals surface area contributed by atoms with Gasteiger partial charge in [-0.05, 0) is 51.1 Å². The first kappa shape index (κ1) is 12.4. The lowest BCUT2D eigenvalue weighted by Gasteiger charge is -2.32. The number of rotatable bonds is 3. The lowest BCUT2D eigenvalue weighted by molar-refractivity contribution is 0.193. The molecule has 0 bridgehead atoms. The maximum Gasteiger partial charge on any atom is 0.0195 e. The summed E-state index contributed by atoms with van der Waals surface area (Å²) in [7, 11) is 2.32. The largest absolute Gasteiger partial charge is 0.313 e. The highest BCUT2D eigenvalue weighted by molar-refractivity contribution is 4.88. The maximum absolute atomic E-state index is 3.65. The summed E-state index contributed by atoms with van der Waals surface area (Å²) in [5, 5.41) is 3.65. The van der Waals surface area contributed by atoms with Crippen LogP contribution in [0.1, 0.15) is 52.4 Å². The van der Waals surface area contributed by atoms with E-state index < -0.39 is 0 Å². The van der Waals surface area contributed by atoms with Crippen LogP contribution in [0, 0.1) is 5.41 Å². The van der Waals surface area contributed by atoms with Crippen LogP contribution in [0.5, 0.6) is 0 Å². The average molecular weight is 224 g/mol. The Balaban J connectivity index is 1.77. The summed E-state index contributed by atoms with van der Waals surface area (Å²) >= 11 is 0. The molecule has 2 aliphatic rings. The van der Waals surface area contributed by atoms with Gasteiger partial charge in [0.1, 0.15) is 0 Å². The van der Waals surface area contributed by atoms with Gasteiger partial charge in [-0.15, -0.1) is 0 Å². The summed E-state index contributed by atoms with van der Waals surface area (Å²) in [5.74, 6) is 0. The van der Waals surface area contributed by atoms with Gasteiger partial charge in [0, 0.05) is 18.6 Å². The average Bonchev–Trinajstić information content (AvgIpc) is 2.60. The molecular weight excluding hydrogens is 196 g/mol. The van der Waals surface area contributed by atoms with E-state index in [1.807, 2.05) is 0 Å². The van der Waals surface area contributed by atoms with Gasteiger partial charge >= 0.3 is 0 Å². The number of hydrogen-bond donors (Lipinski definition) is 1. The zero-order chi connectivity index (χ0) is 11.6. The van der Waals surface area contributed by atoms with Crippen molar-refractivity contribution in [3.63, 3.8) is 0 Å². The normalized spacial score (nSPS) is 34.5. The molecule has 2 fully saturated rings. The lowest BCUT2D eigenvalue weighted by Crippen LogP contribution is -2.45. The Kier molecular flexibility index (Phi) is 3.91. The van der Waals surface area contributed by atoms with Crippen LogP contribution in [0.4, 0.5) is 0 Å². The summed E-state index contributed by atoms with van der Waals surface area (Å²) in [5.41, 5.74) is 0.582. The van der Waals surface area contributed by atoms with E-state index in [-0.39, 0.29) is 0 Å². The third-order valence-corrected chi connectivity index (χ3v) is 4.49. The Hall–Kier alpha value is -0.0800. The second kappa shape index (κ2) is 5.05. The van der Waals surface area contributed by atoms with Gasteiger partial charge in [0.05, 0.1) is 0 Å². The Bertz CT molecular complexity index is 219. The fourth-order valence-electron chi connectivity index (χ4n) is 3.35. The predicted octanol–water partition coefficient (Wildman–Crippen LogP) is 2.64. The van der Waals surface area contributed by atoms with E-state index >= 15 is 0 Å². The molecule has 0 spiro atoms. The van der Waals surface area contributed by atoms with E-state index in [9.17, 15) is 0 Å². The number of nitrogens with zero attached hydrogens (tertiary/aromatic N) is 1. The molecule has 1 saturated carbocycles. The fourth-order valence-corrected chi connectivity index (χ4v) is 3.35. The third kappa shape index (κ3) is 3.21. The molecule has 1 saturated heterocycles. The van der Waals surface area contributed by atoms with Crippen LogP contribution in [0.2, 0.25) is 0 Å². The first-order valence-electron chi connectivity index (χ1n) is 7.00. The van der Waals surface area contributed by atoms with E-state index in [0.29, 0.717) is 5.41 Å². The smallest absolute Gasteiger partial charge is 0.0195 e. The minimum atomic E-state index is 0.582. The van der Waals surface area contributed by atoms with Gasteiger partial charge in [-0.3, -0.25) is 0 Å².